The smallest absolute Gasteiger partial charge is 0.0480 e. The summed E-state index contributed by atoms with van der Waals surface area (Å²) < 4.78 is 2.29. The molecule has 0 fully saturated rings. The van der Waals surface area contributed by atoms with Crippen molar-refractivity contribution >= 4 is 10.9 Å². The minimum atomic E-state index is 1.04. The van der Waals surface area contributed by atoms with Crippen molar-refractivity contribution in [2.45, 2.75) is 13.5 Å². The fraction of sp³-hybridized carbons (Fsp3) is 0.333. The molecule has 0 bridgehead atoms. The highest BCUT2D eigenvalue weighted by Gasteiger charge is 1.97. The average Bonchev–Trinajstić information content (AvgIpc) is 2.63. The molecule has 0 aliphatic rings. The van der Waals surface area contributed by atoms with E-state index in [0.29, 0.717) is 0 Å². The van der Waals surface area contributed by atoms with Crippen LogP contribution in [0.15, 0.2) is 36.5 Å². The Hall–Kier alpha value is -1.28. The van der Waals surface area contributed by atoms with E-state index in [1.165, 1.54) is 10.9 Å². The summed E-state index contributed by atoms with van der Waals surface area (Å²) in [5.41, 5.74) is 1.32. The number of nitrogens with one attached hydrogen (secondary N) is 1. The first kappa shape index (κ1) is 9.28. The molecule has 74 valence electrons. The highest BCUT2D eigenvalue weighted by molar-refractivity contribution is 5.79. The van der Waals surface area contributed by atoms with Crippen LogP contribution < -0.4 is 5.32 Å². The summed E-state index contributed by atoms with van der Waals surface area (Å²) in [5, 5.41) is 4.65. The van der Waals surface area contributed by atoms with Crippen molar-refractivity contribution in [2.24, 2.45) is 0 Å². The van der Waals surface area contributed by atoms with Crippen LogP contribution in [-0.2, 0) is 6.54 Å². The fourth-order valence-corrected chi connectivity index (χ4v) is 1.71. The lowest BCUT2D eigenvalue weighted by Gasteiger charge is -2.05. The molecule has 14 heavy (non-hydrogen) atoms. The second kappa shape index (κ2) is 4.29. The standard InChI is InChI=1S/C12H16N2/c1-2-13-8-10-14-9-7-11-5-3-4-6-12(11)14/h3-7,9,13H,2,8,10H2,1H3. The summed E-state index contributed by atoms with van der Waals surface area (Å²) in [7, 11) is 0. The van der Waals surface area contributed by atoms with Gasteiger partial charge in [0.05, 0.1) is 0 Å². The largest absolute Gasteiger partial charge is 0.346 e. The highest BCUT2D eigenvalue weighted by atomic mass is 15.0. The number of fused-ring (bicyclic) bond motifs is 1. The molecule has 2 aromatic rings. The van der Waals surface area contributed by atoms with Gasteiger partial charge in [0.25, 0.3) is 0 Å². The van der Waals surface area contributed by atoms with Gasteiger partial charge in [-0.1, -0.05) is 25.1 Å². The van der Waals surface area contributed by atoms with Crippen LogP contribution in [0.2, 0.25) is 0 Å². The summed E-state index contributed by atoms with van der Waals surface area (Å²) in [6.45, 7) is 5.25. The van der Waals surface area contributed by atoms with Gasteiger partial charge in [-0.15, -0.1) is 0 Å². The zero-order valence-electron chi connectivity index (χ0n) is 8.53. The van der Waals surface area contributed by atoms with E-state index in [-0.39, 0.29) is 0 Å². The summed E-state index contributed by atoms with van der Waals surface area (Å²) in [6.07, 6.45) is 2.15. The Morgan fingerprint density at radius 2 is 2.07 bits per heavy atom. The number of aromatic nitrogens is 1. The van der Waals surface area contributed by atoms with Crippen LogP contribution in [0.25, 0.3) is 10.9 Å². The molecule has 1 aromatic heterocycles. The highest BCUT2D eigenvalue weighted by Crippen LogP contribution is 2.14. The Morgan fingerprint density at radius 3 is 2.93 bits per heavy atom. The molecule has 2 heteroatoms. The summed E-state index contributed by atoms with van der Waals surface area (Å²) >= 11 is 0. The van der Waals surface area contributed by atoms with Crippen molar-refractivity contribution in [1.82, 2.24) is 9.88 Å². The van der Waals surface area contributed by atoms with Crippen molar-refractivity contribution < 1.29 is 0 Å². The van der Waals surface area contributed by atoms with E-state index < -0.39 is 0 Å². The average molecular weight is 188 g/mol. The topological polar surface area (TPSA) is 17.0 Å². The molecule has 0 amide bonds. The van der Waals surface area contributed by atoms with Gasteiger partial charge in [0, 0.05) is 24.8 Å². The predicted molar refractivity (Wildman–Crippen MR) is 60.5 cm³/mol. The molecule has 2 nitrogen and oxygen atoms in total. The number of hydrogen-bond acceptors (Lipinski definition) is 1. The lowest BCUT2D eigenvalue weighted by Crippen LogP contribution is -2.18. The lowest BCUT2D eigenvalue weighted by atomic mass is 10.2. The van der Waals surface area contributed by atoms with Crippen molar-refractivity contribution in [3.8, 4) is 0 Å². The van der Waals surface area contributed by atoms with E-state index in [1.54, 1.807) is 0 Å². The quantitative estimate of drug-likeness (QED) is 0.728. The zero-order valence-corrected chi connectivity index (χ0v) is 8.53. The molecule has 0 aliphatic heterocycles. The van der Waals surface area contributed by atoms with E-state index in [9.17, 15) is 0 Å². The van der Waals surface area contributed by atoms with Crippen molar-refractivity contribution in [1.29, 1.82) is 0 Å². The van der Waals surface area contributed by atoms with Crippen LogP contribution in [0.1, 0.15) is 6.92 Å². The lowest BCUT2D eigenvalue weighted by molar-refractivity contribution is 0.627. The molecule has 0 radical (unpaired) electrons. The summed E-state index contributed by atoms with van der Waals surface area (Å²) in [4.78, 5) is 0. The molecule has 0 spiro atoms. The minimum absolute atomic E-state index is 1.04. The SMILES string of the molecule is CCNCCn1ccc2ccccc21. The van der Waals surface area contributed by atoms with Gasteiger partial charge in [0.15, 0.2) is 0 Å². The second-order valence-electron chi connectivity index (χ2n) is 3.42. The van der Waals surface area contributed by atoms with Gasteiger partial charge in [-0.05, 0) is 24.1 Å². The molecule has 0 atom stereocenters. The number of hydrogen-bond donors (Lipinski definition) is 1. The van der Waals surface area contributed by atoms with Crippen LogP contribution in [0.4, 0.5) is 0 Å². The van der Waals surface area contributed by atoms with Crippen LogP contribution in [0.5, 0.6) is 0 Å². The third-order valence-electron chi connectivity index (χ3n) is 2.46. The first-order chi connectivity index (χ1) is 6.92. The molecule has 0 unspecified atom stereocenters. The van der Waals surface area contributed by atoms with Crippen molar-refractivity contribution in [2.75, 3.05) is 13.1 Å². The molecular formula is C12H16N2. The van der Waals surface area contributed by atoms with Crippen LogP contribution >= 0.6 is 0 Å². The summed E-state index contributed by atoms with van der Waals surface area (Å²) in [5.74, 6) is 0. The Kier molecular flexibility index (Phi) is 2.84. The van der Waals surface area contributed by atoms with E-state index in [0.717, 1.165) is 19.6 Å². The normalized spacial score (nSPS) is 10.9. The molecule has 0 aliphatic carbocycles. The van der Waals surface area contributed by atoms with Gasteiger partial charge in [-0.3, -0.25) is 0 Å². The Labute approximate surface area is 84.5 Å². The van der Waals surface area contributed by atoms with Gasteiger partial charge in [-0.25, -0.2) is 0 Å². The van der Waals surface area contributed by atoms with Crippen molar-refractivity contribution in [3.05, 3.63) is 36.5 Å². The second-order valence-corrected chi connectivity index (χ2v) is 3.42. The fourth-order valence-electron chi connectivity index (χ4n) is 1.71. The van der Waals surface area contributed by atoms with Gasteiger partial charge in [0.1, 0.15) is 0 Å². The number of para-hydroxylation sites is 1. The number of likely N-dealkylation sites (N-methyl/N-ethyl adjacent to an activating group) is 1. The monoisotopic (exact) mass is 188 g/mol. The minimum Gasteiger partial charge on any atom is -0.346 e. The third-order valence-corrected chi connectivity index (χ3v) is 2.46. The van der Waals surface area contributed by atoms with E-state index >= 15 is 0 Å². The number of nitrogens with zero attached hydrogens (tertiary/aromatic N) is 1. The third kappa shape index (κ3) is 1.80. The molecule has 2 rings (SSSR count). The number of benzene rings is 1. The molecule has 0 saturated heterocycles. The summed E-state index contributed by atoms with van der Waals surface area (Å²) in [6, 6.07) is 10.7. The molecule has 1 heterocycles. The van der Waals surface area contributed by atoms with Crippen LogP contribution in [-0.4, -0.2) is 17.7 Å². The maximum absolute atomic E-state index is 3.33. The molecule has 1 N–H and O–H groups in total. The molecular weight excluding hydrogens is 172 g/mol. The first-order valence-corrected chi connectivity index (χ1v) is 5.16. The van der Waals surface area contributed by atoms with Crippen LogP contribution in [0, 0.1) is 0 Å². The maximum Gasteiger partial charge on any atom is 0.0480 e. The van der Waals surface area contributed by atoms with Crippen molar-refractivity contribution in [3.63, 3.8) is 0 Å². The zero-order chi connectivity index (χ0) is 9.80. The van der Waals surface area contributed by atoms with Gasteiger partial charge in [-0.2, -0.15) is 0 Å². The van der Waals surface area contributed by atoms with E-state index in [4.69, 9.17) is 0 Å². The Bertz CT molecular complexity index is 403. The van der Waals surface area contributed by atoms with E-state index in [2.05, 4.69) is 53.3 Å². The Balaban J connectivity index is 2.17. The number of rotatable bonds is 4. The van der Waals surface area contributed by atoms with Crippen LogP contribution in [0.3, 0.4) is 0 Å². The van der Waals surface area contributed by atoms with Gasteiger partial charge >= 0.3 is 0 Å². The predicted octanol–water partition coefficient (Wildman–Crippen LogP) is 2.25. The van der Waals surface area contributed by atoms with Gasteiger partial charge in [0.2, 0.25) is 0 Å². The van der Waals surface area contributed by atoms with Gasteiger partial charge < -0.3 is 9.88 Å². The van der Waals surface area contributed by atoms with E-state index in [1.807, 2.05) is 0 Å². The maximum atomic E-state index is 3.33. The first-order valence-electron chi connectivity index (χ1n) is 5.16. The Morgan fingerprint density at radius 1 is 1.21 bits per heavy atom. The molecule has 0 saturated carbocycles. The molecule has 1 aromatic carbocycles.